The lowest BCUT2D eigenvalue weighted by atomic mass is 9.86. The van der Waals surface area contributed by atoms with E-state index >= 15 is 0 Å². The molecule has 2 N–H and O–H groups in total. The zero-order chi connectivity index (χ0) is 15.9. The molecule has 0 radical (unpaired) electrons. The van der Waals surface area contributed by atoms with E-state index in [0.29, 0.717) is 24.7 Å². The molecule has 0 aromatic heterocycles. The van der Waals surface area contributed by atoms with Gasteiger partial charge in [0.15, 0.2) is 11.6 Å². The summed E-state index contributed by atoms with van der Waals surface area (Å²) in [6.45, 7) is 5.76. The van der Waals surface area contributed by atoms with Crippen LogP contribution in [0.2, 0.25) is 0 Å². The molecule has 0 bridgehead atoms. The maximum atomic E-state index is 11.8. The molecule has 2 aliphatic rings. The van der Waals surface area contributed by atoms with Crippen molar-refractivity contribution in [2.45, 2.75) is 52.4 Å². The van der Waals surface area contributed by atoms with Gasteiger partial charge in [0.2, 0.25) is 0 Å². The standard InChI is InChI=1S/C18H28N2O2/c1-13-3-5-15(17(21)9-13)11-19-7-8-20-12-16-6-4-14(2)10-18(16)22/h11-14,19-20H,3-10H2,1-2H3. The van der Waals surface area contributed by atoms with E-state index in [1.807, 2.05) is 12.4 Å². The highest BCUT2D eigenvalue weighted by Gasteiger charge is 2.20. The summed E-state index contributed by atoms with van der Waals surface area (Å²) in [4.78, 5) is 23.6. The molecule has 122 valence electrons. The van der Waals surface area contributed by atoms with Gasteiger partial charge >= 0.3 is 0 Å². The fraction of sp³-hybridized carbons (Fsp3) is 0.667. The molecule has 0 heterocycles. The van der Waals surface area contributed by atoms with Crippen LogP contribution in [0.25, 0.3) is 0 Å². The van der Waals surface area contributed by atoms with Crippen LogP contribution >= 0.6 is 0 Å². The molecule has 2 unspecified atom stereocenters. The minimum absolute atomic E-state index is 0.281. The van der Waals surface area contributed by atoms with Crippen LogP contribution in [-0.2, 0) is 9.59 Å². The molecule has 0 saturated heterocycles. The number of ketones is 2. The Morgan fingerprint density at radius 2 is 1.27 bits per heavy atom. The molecule has 2 saturated carbocycles. The molecule has 4 nitrogen and oxygen atoms in total. The number of rotatable bonds is 5. The van der Waals surface area contributed by atoms with E-state index in [4.69, 9.17) is 0 Å². The summed E-state index contributed by atoms with van der Waals surface area (Å²) in [6, 6.07) is 0. The monoisotopic (exact) mass is 304 g/mol. The van der Waals surface area contributed by atoms with E-state index in [1.54, 1.807) is 0 Å². The van der Waals surface area contributed by atoms with Crippen molar-refractivity contribution in [3.63, 3.8) is 0 Å². The van der Waals surface area contributed by atoms with Crippen LogP contribution in [0.3, 0.4) is 0 Å². The minimum atomic E-state index is 0.281. The Kier molecular flexibility index (Phi) is 6.22. The van der Waals surface area contributed by atoms with Crippen LogP contribution in [0.4, 0.5) is 0 Å². The smallest absolute Gasteiger partial charge is 0.160 e. The van der Waals surface area contributed by atoms with E-state index in [2.05, 4.69) is 24.5 Å². The van der Waals surface area contributed by atoms with Crippen molar-refractivity contribution in [2.24, 2.45) is 11.8 Å². The number of hydrogen-bond donors (Lipinski definition) is 2. The van der Waals surface area contributed by atoms with Gasteiger partial charge in [0, 0.05) is 49.5 Å². The molecule has 0 amide bonds. The fourth-order valence-corrected chi connectivity index (χ4v) is 3.02. The number of Topliss-reactive ketones (excluding diaryl/α,β-unsaturated/α-hetero) is 2. The van der Waals surface area contributed by atoms with Gasteiger partial charge in [-0.15, -0.1) is 0 Å². The average molecular weight is 304 g/mol. The van der Waals surface area contributed by atoms with Crippen molar-refractivity contribution in [3.8, 4) is 0 Å². The van der Waals surface area contributed by atoms with Gasteiger partial charge in [0.25, 0.3) is 0 Å². The van der Waals surface area contributed by atoms with Crippen LogP contribution < -0.4 is 10.6 Å². The number of carbonyl (C=O) groups excluding carboxylic acids is 2. The highest BCUT2D eigenvalue weighted by molar-refractivity contribution is 5.96. The third kappa shape index (κ3) is 5.00. The van der Waals surface area contributed by atoms with Gasteiger partial charge in [-0.3, -0.25) is 9.59 Å². The van der Waals surface area contributed by atoms with E-state index < -0.39 is 0 Å². The maximum Gasteiger partial charge on any atom is 0.160 e. The molecular formula is C18H28N2O2. The zero-order valence-electron chi connectivity index (χ0n) is 13.8. The lowest BCUT2D eigenvalue weighted by Crippen LogP contribution is -2.24. The Morgan fingerprint density at radius 1 is 0.864 bits per heavy atom. The van der Waals surface area contributed by atoms with Crippen LogP contribution in [0.1, 0.15) is 52.4 Å². The first-order valence-corrected chi connectivity index (χ1v) is 8.47. The lowest BCUT2D eigenvalue weighted by molar-refractivity contribution is -0.118. The summed E-state index contributed by atoms with van der Waals surface area (Å²) in [5.41, 5.74) is 1.85. The molecule has 2 aliphatic carbocycles. The summed E-state index contributed by atoms with van der Waals surface area (Å²) in [6.07, 6.45) is 9.08. The summed E-state index contributed by atoms with van der Waals surface area (Å²) in [5, 5.41) is 6.39. The molecule has 2 rings (SSSR count). The predicted molar refractivity (Wildman–Crippen MR) is 88.2 cm³/mol. The first kappa shape index (κ1) is 16.8. The van der Waals surface area contributed by atoms with Gasteiger partial charge in [0.05, 0.1) is 0 Å². The van der Waals surface area contributed by atoms with Crippen LogP contribution in [-0.4, -0.2) is 24.7 Å². The van der Waals surface area contributed by atoms with Crippen molar-refractivity contribution in [1.82, 2.24) is 10.6 Å². The van der Waals surface area contributed by atoms with Gasteiger partial charge in [-0.2, -0.15) is 0 Å². The van der Waals surface area contributed by atoms with Crippen LogP contribution in [0.15, 0.2) is 23.5 Å². The van der Waals surface area contributed by atoms with Crippen LogP contribution in [0, 0.1) is 11.8 Å². The van der Waals surface area contributed by atoms with Gasteiger partial charge in [-0.05, 0) is 37.5 Å². The quantitative estimate of drug-likeness (QED) is 0.606. The first-order valence-electron chi connectivity index (χ1n) is 8.47. The van der Waals surface area contributed by atoms with E-state index in [-0.39, 0.29) is 11.6 Å². The number of allylic oxidation sites excluding steroid dienone is 2. The topological polar surface area (TPSA) is 58.2 Å². The Morgan fingerprint density at radius 3 is 1.64 bits per heavy atom. The highest BCUT2D eigenvalue weighted by atomic mass is 16.1. The molecule has 4 heteroatoms. The minimum Gasteiger partial charge on any atom is -0.389 e. The first-order chi connectivity index (χ1) is 10.6. The second-order valence-corrected chi connectivity index (χ2v) is 6.79. The normalized spacial score (nSPS) is 29.9. The molecular weight excluding hydrogens is 276 g/mol. The van der Waals surface area contributed by atoms with Crippen molar-refractivity contribution in [3.05, 3.63) is 23.5 Å². The fourth-order valence-electron chi connectivity index (χ4n) is 3.02. The molecule has 2 atom stereocenters. The van der Waals surface area contributed by atoms with Gasteiger partial charge in [0.1, 0.15) is 0 Å². The number of hydrogen-bond acceptors (Lipinski definition) is 4. The number of carbonyl (C=O) groups is 2. The molecule has 22 heavy (non-hydrogen) atoms. The predicted octanol–water partition coefficient (Wildman–Crippen LogP) is 2.71. The molecule has 2 fully saturated rings. The van der Waals surface area contributed by atoms with E-state index in [9.17, 15) is 9.59 Å². The lowest BCUT2D eigenvalue weighted by Gasteiger charge is -2.19. The van der Waals surface area contributed by atoms with Gasteiger partial charge < -0.3 is 10.6 Å². The van der Waals surface area contributed by atoms with Gasteiger partial charge in [-0.1, -0.05) is 13.8 Å². The van der Waals surface area contributed by atoms with E-state index in [1.165, 1.54) is 0 Å². The summed E-state index contributed by atoms with van der Waals surface area (Å²) >= 11 is 0. The van der Waals surface area contributed by atoms with Crippen molar-refractivity contribution >= 4 is 11.6 Å². The Hall–Kier alpha value is -1.58. The largest absolute Gasteiger partial charge is 0.389 e. The Bertz CT molecular complexity index is 435. The van der Waals surface area contributed by atoms with Crippen LogP contribution in [0.5, 0.6) is 0 Å². The summed E-state index contributed by atoms with van der Waals surface area (Å²) in [5.74, 6) is 1.61. The second kappa shape index (κ2) is 8.16. The average Bonchev–Trinajstić information content (AvgIpc) is 2.46. The van der Waals surface area contributed by atoms with Gasteiger partial charge in [-0.25, -0.2) is 0 Å². The maximum absolute atomic E-state index is 11.8. The SMILES string of the molecule is CC1CCC(=CNCCNC=C2CCC(C)CC2=O)C(=O)C1. The summed E-state index contributed by atoms with van der Waals surface area (Å²) < 4.78 is 0. The highest BCUT2D eigenvalue weighted by Crippen LogP contribution is 2.25. The Balaban J connectivity index is 1.65. The van der Waals surface area contributed by atoms with E-state index in [0.717, 1.165) is 49.9 Å². The molecule has 0 aromatic rings. The molecule has 0 aromatic carbocycles. The Labute approximate surface area is 133 Å². The third-order valence-corrected chi connectivity index (χ3v) is 4.56. The second-order valence-electron chi connectivity index (χ2n) is 6.79. The third-order valence-electron chi connectivity index (χ3n) is 4.56. The molecule has 0 aliphatic heterocycles. The zero-order valence-corrected chi connectivity index (χ0v) is 13.8. The van der Waals surface area contributed by atoms with Crippen molar-refractivity contribution < 1.29 is 9.59 Å². The number of nitrogens with one attached hydrogen (secondary N) is 2. The molecule has 0 spiro atoms. The van der Waals surface area contributed by atoms with Crippen molar-refractivity contribution in [1.29, 1.82) is 0 Å². The summed E-state index contributed by atoms with van der Waals surface area (Å²) in [7, 11) is 0. The van der Waals surface area contributed by atoms with Crippen molar-refractivity contribution in [2.75, 3.05) is 13.1 Å².